The van der Waals surface area contributed by atoms with E-state index < -0.39 is 6.10 Å². The summed E-state index contributed by atoms with van der Waals surface area (Å²) in [6.45, 7) is 0. The number of thiazole rings is 1. The Labute approximate surface area is 118 Å². The summed E-state index contributed by atoms with van der Waals surface area (Å²) in [6, 6.07) is 0. The molecular formula is C13H11N5OS. The van der Waals surface area contributed by atoms with E-state index in [1.54, 1.807) is 40.6 Å². The molecule has 0 saturated heterocycles. The molecule has 0 aliphatic rings. The molecule has 6 nitrogen and oxygen atoms in total. The smallest absolute Gasteiger partial charge is 0.193 e. The minimum absolute atomic E-state index is 0.463. The highest BCUT2D eigenvalue weighted by Gasteiger charge is 2.16. The predicted octanol–water partition coefficient (Wildman–Crippen LogP) is 1.71. The van der Waals surface area contributed by atoms with Gasteiger partial charge in [-0.15, -0.1) is 11.3 Å². The third-order valence-electron chi connectivity index (χ3n) is 3.26. The predicted molar refractivity (Wildman–Crippen MR) is 74.7 cm³/mol. The van der Waals surface area contributed by atoms with Gasteiger partial charge in [0, 0.05) is 42.2 Å². The summed E-state index contributed by atoms with van der Waals surface area (Å²) >= 11 is 1.58. The summed E-state index contributed by atoms with van der Waals surface area (Å²) in [5.41, 5.74) is 2.46. The van der Waals surface area contributed by atoms with Gasteiger partial charge in [-0.1, -0.05) is 0 Å². The maximum Gasteiger partial charge on any atom is 0.193 e. The van der Waals surface area contributed by atoms with Crippen LogP contribution in [0.5, 0.6) is 0 Å². The molecule has 0 fully saturated rings. The molecule has 1 unspecified atom stereocenters. The second-order valence-corrected chi connectivity index (χ2v) is 5.42. The molecule has 1 atom stereocenters. The standard InChI is InChI=1S/C13H11N5OS/c19-12(5-9-8-17-3-4-20-13(17)16-9)10-6-15-18-2-1-14-7-11(10)18/h1-4,6-8,12,19H,5H2. The Morgan fingerprint density at radius 3 is 3.15 bits per heavy atom. The van der Waals surface area contributed by atoms with Gasteiger partial charge in [0.05, 0.1) is 29.7 Å². The molecule has 0 bridgehead atoms. The molecule has 100 valence electrons. The van der Waals surface area contributed by atoms with Crippen LogP contribution in [0.25, 0.3) is 10.5 Å². The van der Waals surface area contributed by atoms with Crippen LogP contribution in [0.3, 0.4) is 0 Å². The van der Waals surface area contributed by atoms with Crippen molar-refractivity contribution in [3.63, 3.8) is 0 Å². The molecule has 4 rings (SSSR count). The fourth-order valence-electron chi connectivity index (χ4n) is 2.29. The molecule has 0 amide bonds. The number of hydrogen-bond donors (Lipinski definition) is 1. The van der Waals surface area contributed by atoms with Crippen LogP contribution >= 0.6 is 11.3 Å². The first kappa shape index (κ1) is 11.6. The number of aliphatic hydroxyl groups excluding tert-OH is 1. The molecule has 0 aliphatic carbocycles. The van der Waals surface area contributed by atoms with Crippen molar-refractivity contribution in [3.05, 3.63) is 53.8 Å². The normalized spacial score (nSPS) is 13.2. The van der Waals surface area contributed by atoms with E-state index in [1.165, 1.54) is 0 Å². The molecule has 0 aliphatic heterocycles. The van der Waals surface area contributed by atoms with Crippen LogP contribution in [0.1, 0.15) is 17.4 Å². The maximum absolute atomic E-state index is 10.4. The zero-order valence-electron chi connectivity index (χ0n) is 10.4. The average molecular weight is 285 g/mol. The molecule has 20 heavy (non-hydrogen) atoms. The van der Waals surface area contributed by atoms with E-state index in [-0.39, 0.29) is 0 Å². The van der Waals surface area contributed by atoms with Crippen molar-refractivity contribution in [2.75, 3.05) is 0 Å². The molecule has 0 aromatic carbocycles. The lowest BCUT2D eigenvalue weighted by atomic mass is 10.1. The van der Waals surface area contributed by atoms with Crippen molar-refractivity contribution >= 4 is 21.8 Å². The van der Waals surface area contributed by atoms with Gasteiger partial charge in [-0.3, -0.25) is 9.38 Å². The second kappa shape index (κ2) is 4.39. The van der Waals surface area contributed by atoms with Crippen LogP contribution in [0.2, 0.25) is 0 Å². The number of aliphatic hydroxyl groups is 1. The van der Waals surface area contributed by atoms with Gasteiger partial charge in [0.2, 0.25) is 0 Å². The Hall–Kier alpha value is -2.25. The quantitative estimate of drug-likeness (QED) is 0.622. The third kappa shape index (κ3) is 1.79. The number of nitrogens with zero attached hydrogens (tertiary/aromatic N) is 5. The summed E-state index contributed by atoms with van der Waals surface area (Å²) in [7, 11) is 0. The SMILES string of the molecule is OC(Cc1cn2ccsc2n1)c1cnn2ccncc12. The summed E-state index contributed by atoms with van der Waals surface area (Å²) in [5, 5.41) is 16.6. The Morgan fingerprint density at radius 1 is 1.30 bits per heavy atom. The molecular weight excluding hydrogens is 274 g/mol. The summed E-state index contributed by atoms with van der Waals surface area (Å²) < 4.78 is 3.67. The lowest BCUT2D eigenvalue weighted by molar-refractivity contribution is 0.179. The van der Waals surface area contributed by atoms with Crippen LogP contribution in [-0.4, -0.2) is 29.1 Å². The Morgan fingerprint density at radius 2 is 2.25 bits per heavy atom. The molecule has 4 aromatic heterocycles. The lowest BCUT2D eigenvalue weighted by Crippen LogP contribution is -2.02. The maximum atomic E-state index is 10.4. The van der Waals surface area contributed by atoms with Crippen LogP contribution < -0.4 is 0 Å². The molecule has 7 heteroatoms. The fourth-order valence-corrected chi connectivity index (χ4v) is 3.01. The number of fused-ring (bicyclic) bond motifs is 2. The van der Waals surface area contributed by atoms with E-state index in [1.807, 2.05) is 22.2 Å². The van der Waals surface area contributed by atoms with Gasteiger partial charge in [0.25, 0.3) is 0 Å². The van der Waals surface area contributed by atoms with Gasteiger partial charge in [0.1, 0.15) is 0 Å². The highest BCUT2D eigenvalue weighted by molar-refractivity contribution is 7.15. The van der Waals surface area contributed by atoms with E-state index in [0.29, 0.717) is 6.42 Å². The second-order valence-electron chi connectivity index (χ2n) is 4.55. The van der Waals surface area contributed by atoms with Crippen molar-refractivity contribution in [2.24, 2.45) is 0 Å². The Balaban J connectivity index is 1.66. The first-order valence-corrected chi connectivity index (χ1v) is 7.05. The molecule has 4 heterocycles. The molecule has 0 saturated carbocycles. The van der Waals surface area contributed by atoms with E-state index in [9.17, 15) is 5.11 Å². The van der Waals surface area contributed by atoms with E-state index >= 15 is 0 Å². The van der Waals surface area contributed by atoms with Crippen LogP contribution in [-0.2, 0) is 6.42 Å². The zero-order valence-corrected chi connectivity index (χ0v) is 11.2. The van der Waals surface area contributed by atoms with Gasteiger partial charge >= 0.3 is 0 Å². The van der Waals surface area contributed by atoms with Gasteiger partial charge in [0.15, 0.2) is 4.96 Å². The van der Waals surface area contributed by atoms with Crippen molar-refractivity contribution in [3.8, 4) is 0 Å². The van der Waals surface area contributed by atoms with E-state index in [2.05, 4.69) is 15.1 Å². The first-order valence-electron chi connectivity index (χ1n) is 6.17. The van der Waals surface area contributed by atoms with Crippen LogP contribution in [0.4, 0.5) is 0 Å². The zero-order chi connectivity index (χ0) is 13.5. The van der Waals surface area contributed by atoms with E-state index in [0.717, 1.165) is 21.7 Å². The average Bonchev–Trinajstić information content (AvgIpc) is 3.10. The minimum Gasteiger partial charge on any atom is -0.388 e. The van der Waals surface area contributed by atoms with Crippen molar-refractivity contribution < 1.29 is 5.11 Å². The molecule has 4 aromatic rings. The fraction of sp³-hybridized carbons (Fsp3) is 0.154. The Kier molecular flexibility index (Phi) is 2.54. The molecule has 1 N–H and O–H groups in total. The monoisotopic (exact) mass is 285 g/mol. The van der Waals surface area contributed by atoms with Gasteiger partial charge in [-0.05, 0) is 0 Å². The van der Waals surface area contributed by atoms with E-state index in [4.69, 9.17) is 0 Å². The molecule has 0 spiro atoms. The summed E-state index contributed by atoms with van der Waals surface area (Å²) in [5.74, 6) is 0. The van der Waals surface area contributed by atoms with Gasteiger partial charge in [-0.2, -0.15) is 5.10 Å². The number of hydrogen-bond acceptors (Lipinski definition) is 5. The van der Waals surface area contributed by atoms with Crippen LogP contribution in [0.15, 0.2) is 42.6 Å². The minimum atomic E-state index is -0.638. The van der Waals surface area contributed by atoms with Crippen molar-refractivity contribution in [1.82, 2.24) is 24.0 Å². The molecule has 0 radical (unpaired) electrons. The Bertz CT molecular complexity index is 848. The first-order chi connectivity index (χ1) is 9.81. The van der Waals surface area contributed by atoms with Crippen molar-refractivity contribution in [1.29, 1.82) is 0 Å². The lowest BCUT2D eigenvalue weighted by Gasteiger charge is -2.06. The third-order valence-corrected chi connectivity index (χ3v) is 4.03. The van der Waals surface area contributed by atoms with Gasteiger partial charge in [-0.25, -0.2) is 9.50 Å². The summed E-state index contributed by atoms with van der Waals surface area (Å²) in [6.07, 6.45) is 10.5. The highest BCUT2D eigenvalue weighted by atomic mass is 32.1. The van der Waals surface area contributed by atoms with Crippen LogP contribution in [0, 0.1) is 0 Å². The van der Waals surface area contributed by atoms with Gasteiger partial charge < -0.3 is 5.11 Å². The van der Waals surface area contributed by atoms with Crippen molar-refractivity contribution in [2.45, 2.75) is 12.5 Å². The largest absolute Gasteiger partial charge is 0.388 e. The summed E-state index contributed by atoms with van der Waals surface area (Å²) in [4.78, 5) is 9.49. The highest BCUT2D eigenvalue weighted by Crippen LogP contribution is 2.22. The number of aromatic nitrogens is 5. The number of rotatable bonds is 3. The number of imidazole rings is 1. The topological polar surface area (TPSA) is 67.7 Å².